The van der Waals surface area contributed by atoms with E-state index < -0.39 is 17.7 Å². The highest BCUT2D eigenvalue weighted by atomic mass is 127. The van der Waals surface area contributed by atoms with Gasteiger partial charge in [-0.2, -0.15) is 0 Å². The minimum Gasteiger partial charge on any atom is -0.376 e. The summed E-state index contributed by atoms with van der Waals surface area (Å²) in [7, 11) is 3.32. The Balaban J connectivity index is 0.00000392. The molecule has 0 aliphatic carbocycles. The van der Waals surface area contributed by atoms with Crippen LogP contribution in [0.4, 0.5) is 8.78 Å². The molecule has 2 rings (SSSR count). The van der Waals surface area contributed by atoms with Crippen LogP contribution in [0.1, 0.15) is 37.8 Å². The average Bonchev–Trinajstić information content (AvgIpc) is 2.64. The zero-order valence-corrected chi connectivity index (χ0v) is 18.8. The van der Waals surface area contributed by atoms with Gasteiger partial charge in [0.15, 0.2) is 5.96 Å². The fourth-order valence-corrected chi connectivity index (χ4v) is 2.76. The number of carbonyl (C=O) groups excluding carboxylic acids is 1. The van der Waals surface area contributed by atoms with Crippen LogP contribution < -0.4 is 10.6 Å². The van der Waals surface area contributed by atoms with Gasteiger partial charge in [0.25, 0.3) is 0 Å². The molecule has 0 aromatic heterocycles. The van der Waals surface area contributed by atoms with Gasteiger partial charge in [0.1, 0.15) is 18.2 Å². The molecule has 1 aromatic carbocycles. The van der Waals surface area contributed by atoms with Gasteiger partial charge < -0.3 is 20.3 Å². The molecular formula is C19H29F2IN4O2. The van der Waals surface area contributed by atoms with Crippen LogP contribution >= 0.6 is 24.0 Å². The Bertz CT molecular complexity index is 667. The lowest BCUT2D eigenvalue weighted by atomic mass is 10.1. The molecule has 0 radical (unpaired) electrons. The maximum atomic E-state index is 14.0. The Kier molecular flexibility index (Phi) is 10.7. The Morgan fingerprint density at radius 3 is 2.71 bits per heavy atom. The molecule has 28 heavy (non-hydrogen) atoms. The van der Waals surface area contributed by atoms with Crippen molar-refractivity contribution in [1.82, 2.24) is 15.5 Å². The Hall–Kier alpha value is -1.49. The average molecular weight is 510 g/mol. The molecule has 158 valence electrons. The summed E-state index contributed by atoms with van der Waals surface area (Å²) in [5.74, 6) is -1.02. The Labute approximate surface area is 182 Å². The summed E-state index contributed by atoms with van der Waals surface area (Å²) in [5, 5.41) is 6.24. The number of hydrogen-bond acceptors (Lipinski definition) is 3. The first-order chi connectivity index (χ1) is 12.9. The van der Waals surface area contributed by atoms with Crippen molar-refractivity contribution in [2.45, 2.75) is 38.3 Å². The van der Waals surface area contributed by atoms with Gasteiger partial charge in [-0.25, -0.2) is 13.8 Å². The molecule has 0 spiro atoms. The summed E-state index contributed by atoms with van der Waals surface area (Å²) in [6, 6.07) is 3.00. The van der Waals surface area contributed by atoms with E-state index >= 15 is 0 Å². The number of guanidine groups is 1. The van der Waals surface area contributed by atoms with E-state index in [9.17, 15) is 13.6 Å². The molecule has 0 bridgehead atoms. The molecule has 9 heteroatoms. The van der Waals surface area contributed by atoms with Crippen molar-refractivity contribution >= 4 is 35.8 Å². The summed E-state index contributed by atoms with van der Waals surface area (Å²) in [4.78, 5) is 17.6. The summed E-state index contributed by atoms with van der Waals surface area (Å²) < 4.78 is 32.9. The molecule has 1 aliphatic rings. The monoisotopic (exact) mass is 510 g/mol. The predicted molar refractivity (Wildman–Crippen MR) is 116 cm³/mol. The fraction of sp³-hybridized carbons (Fsp3) is 0.579. The Morgan fingerprint density at radius 2 is 2.11 bits per heavy atom. The second-order valence-electron chi connectivity index (χ2n) is 6.85. The highest BCUT2D eigenvalue weighted by Crippen LogP contribution is 2.17. The second-order valence-corrected chi connectivity index (χ2v) is 6.85. The van der Waals surface area contributed by atoms with Crippen LogP contribution in [-0.2, 0) is 9.53 Å². The van der Waals surface area contributed by atoms with Crippen molar-refractivity contribution in [2.24, 2.45) is 4.99 Å². The third-order valence-electron chi connectivity index (χ3n) is 4.42. The van der Waals surface area contributed by atoms with Gasteiger partial charge >= 0.3 is 0 Å². The second kappa shape index (κ2) is 12.2. The first kappa shape index (κ1) is 24.5. The largest absolute Gasteiger partial charge is 0.376 e. The lowest BCUT2D eigenvalue weighted by Crippen LogP contribution is -2.44. The molecule has 1 heterocycles. The summed E-state index contributed by atoms with van der Waals surface area (Å²) in [6.45, 7) is 2.99. The van der Waals surface area contributed by atoms with Crippen molar-refractivity contribution in [3.8, 4) is 0 Å². The van der Waals surface area contributed by atoms with Crippen molar-refractivity contribution in [2.75, 3.05) is 33.8 Å². The maximum absolute atomic E-state index is 14.0. The SMILES string of the molecule is CC(NC(=NCC(=O)N(C)C)NCC1CCCCO1)c1ccc(F)cc1F.I. The zero-order chi connectivity index (χ0) is 19.8. The quantitative estimate of drug-likeness (QED) is 0.351. The van der Waals surface area contributed by atoms with Gasteiger partial charge in [-0.3, -0.25) is 4.79 Å². The number of amides is 1. The van der Waals surface area contributed by atoms with Crippen LogP contribution in [0, 0.1) is 11.6 Å². The number of halogens is 3. The molecule has 6 nitrogen and oxygen atoms in total. The number of aliphatic imine (C=N–C) groups is 1. The lowest BCUT2D eigenvalue weighted by molar-refractivity contribution is -0.127. The van der Waals surface area contributed by atoms with E-state index in [0.717, 1.165) is 31.9 Å². The standard InChI is InChI=1S/C19H28F2N4O2.HI/c1-13(16-8-7-14(20)10-17(16)21)24-19(23-12-18(26)25(2)3)22-11-15-6-4-5-9-27-15;/h7-8,10,13,15H,4-6,9,11-12H2,1-3H3,(H2,22,23,24);1H. The van der Waals surface area contributed by atoms with Gasteiger partial charge in [-0.1, -0.05) is 6.07 Å². The number of hydrogen-bond donors (Lipinski definition) is 2. The highest BCUT2D eigenvalue weighted by molar-refractivity contribution is 14.0. The number of rotatable bonds is 6. The summed E-state index contributed by atoms with van der Waals surface area (Å²) >= 11 is 0. The smallest absolute Gasteiger partial charge is 0.243 e. The third kappa shape index (κ3) is 7.86. The fourth-order valence-electron chi connectivity index (χ4n) is 2.76. The van der Waals surface area contributed by atoms with E-state index in [1.165, 1.54) is 17.0 Å². The molecule has 2 N–H and O–H groups in total. The third-order valence-corrected chi connectivity index (χ3v) is 4.42. The van der Waals surface area contributed by atoms with Crippen LogP contribution in [0.2, 0.25) is 0 Å². The molecule has 1 fully saturated rings. The first-order valence-corrected chi connectivity index (χ1v) is 9.18. The lowest BCUT2D eigenvalue weighted by Gasteiger charge is -2.25. The van der Waals surface area contributed by atoms with Crippen LogP contribution in [-0.4, -0.2) is 56.7 Å². The van der Waals surface area contributed by atoms with E-state index in [1.807, 2.05) is 0 Å². The summed E-state index contributed by atoms with van der Waals surface area (Å²) in [5.41, 5.74) is 0.318. The maximum Gasteiger partial charge on any atom is 0.243 e. The van der Waals surface area contributed by atoms with Crippen LogP contribution in [0.5, 0.6) is 0 Å². The predicted octanol–water partition coefficient (Wildman–Crippen LogP) is 2.84. The minimum absolute atomic E-state index is 0. The number of ether oxygens (including phenoxy) is 1. The van der Waals surface area contributed by atoms with Crippen LogP contribution in [0.3, 0.4) is 0 Å². The minimum atomic E-state index is -0.630. The van der Waals surface area contributed by atoms with E-state index in [1.54, 1.807) is 21.0 Å². The number of likely N-dealkylation sites (N-methyl/N-ethyl adjacent to an activating group) is 1. The topological polar surface area (TPSA) is 66.0 Å². The highest BCUT2D eigenvalue weighted by Gasteiger charge is 2.17. The number of benzene rings is 1. The molecule has 0 saturated carbocycles. The van der Waals surface area contributed by atoms with E-state index in [-0.39, 0.29) is 42.5 Å². The number of nitrogens with one attached hydrogen (secondary N) is 2. The molecule has 2 atom stereocenters. The van der Waals surface area contributed by atoms with Gasteiger partial charge in [-0.05, 0) is 32.3 Å². The van der Waals surface area contributed by atoms with E-state index in [4.69, 9.17) is 4.74 Å². The molecule has 2 unspecified atom stereocenters. The van der Waals surface area contributed by atoms with Gasteiger partial charge in [0.05, 0.1) is 12.1 Å². The Morgan fingerprint density at radius 1 is 1.36 bits per heavy atom. The molecule has 1 amide bonds. The van der Waals surface area contributed by atoms with Crippen molar-refractivity contribution < 1.29 is 18.3 Å². The van der Waals surface area contributed by atoms with Gasteiger partial charge in [-0.15, -0.1) is 24.0 Å². The van der Waals surface area contributed by atoms with Gasteiger partial charge in [0, 0.05) is 38.9 Å². The van der Waals surface area contributed by atoms with E-state index in [2.05, 4.69) is 15.6 Å². The molecule has 1 aliphatic heterocycles. The molecular weight excluding hydrogens is 481 g/mol. The summed E-state index contributed by atoms with van der Waals surface area (Å²) in [6.07, 6.45) is 3.21. The van der Waals surface area contributed by atoms with Crippen LogP contribution in [0.15, 0.2) is 23.2 Å². The van der Waals surface area contributed by atoms with Crippen molar-refractivity contribution in [3.05, 3.63) is 35.4 Å². The van der Waals surface area contributed by atoms with Gasteiger partial charge in [0.2, 0.25) is 5.91 Å². The zero-order valence-electron chi connectivity index (χ0n) is 16.5. The van der Waals surface area contributed by atoms with Crippen molar-refractivity contribution in [1.29, 1.82) is 0 Å². The molecule has 1 aromatic rings. The van der Waals surface area contributed by atoms with E-state index in [0.29, 0.717) is 18.1 Å². The normalized spacial score (nSPS) is 18.0. The number of carbonyl (C=O) groups is 1. The number of nitrogens with zero attached hydrogens (tertiary/aromatic N) is 2. The van der Waals surface area contributed by atoms with Crippen LogP contribution in [0.25, 0.3) is 0 Å². The molecule has 1 saturated heterocycles. The van der Waals surface area contributed by atoms with Crippen molar-refractivity contribution in [3.63, 3.8) is 0 Å². The first-order valence-electron chi connectivity index (χ1n) is 9.18.